The summed E-state index contributed by atoms with van der Waals surface area (Å²) in [5.41, 5.74) is 1.65. The highest BCUT2D eigenvalue weighted by atomic mass is 16.5. The van der Waals surface area contributed by atoms with Gasteiger partial charge in [-0.15, -0.1) is 0 Å². The van der Waals surface area contributed by atoms with Crippen molar-refractivity contribution >= 4 is 23.8 Å². The number of aromatic nitrogens is 2. The summed E-state index contributed by atoms with van der Waals surface area (Å²) < 4.78 is 7.96. The van der Waals surface area contributed by atoms with Gasteiger partial charge in [0.2, 0.25) is 11.8 Å². The molecule has 1 saturated carbocycles. The van der Waals surface area contributed by atoms with Gasteiger partial charge >= 0.3 is 0 Å². The van der Waals surface area contributed by atoms with E-state index in [0.717, 1.165) is 17.2 Å². The average molecular weight is 417 g/mol. The number of nitrogens with zero attached hydrogens (tertiary/aromatic N) is 3. The molecule has 2 aliphatic rings. The van der Waals surface area contributed by atoms with Crippen molar-refractivity contribution in [1.82, 2.24) is 19.8 Å². The van der Waals surface area contributed by atoms with Crippen LogP contribution in [0, 0.1) is 5.92 Å². The fourth-order valence-corrected chi connectivity index (χ4v) is 4.18. The van der Waals surface area contributed by atoms with Gasteiger partial charge in [0.25, 0.3) is 5.91 Å². The van der Waals surface area contributed by atoms with Crippen molar-refractivity contribution in [2.45, 2.75) is 65.3 Å². The molecule has 1 N–H and O–H groups in total. The molecule has 2 heterocycles. The molecule has 1 saturated heterocycles. The van der Waals surface area contributed by atoms with E-state index >= 15 is 0 Å². The Morgan fingerprint density at radius 1 is 1.30 bits per heavy atom. The third-order valence-corrected chi connectivity index (χ3v) is 5.72. The smallest absolute Gasteiger partial charge is 0.277 e. The van der Waals surface area contributed by atoms with Gasteiger partial charge in [-0.25, -0.2) is 4.98 Å². The number of imidazole rings is 1. The topological polar surface area (TPSA) is 93.5 Å². The first kappa shape index (κ1) is 22.2. The predicted molar refractivity (Wildman–Crippen MR) is 112 cm³/mol. The van der Waals surface area contributed by atoms with E-state index < -0.39 is 17.7 Å². The van der Waals surface area contributed by atoms with Crippen LogP contribution in [0.25, 0.3) is 6.08 Å². The Bertz CT molecular complexity index is 821. The normalized spacial score (nSPS) is 19.6. The van der Waals surface area contributed by atoms with E-state index in [1.54, 1.807) is 12.4 Å². The lowest BCUT2D eigenvalue weighted by Crippen LogP contribution is -2.51. The lowest BCUT2D eigenvalue weighted by Gasteiger charge is -2.25. The minimum atomic E-state index is -0.512. The van der Waals surface area contributed by atoms with Crippen LogP contribution in [0.1, 0.15) is 70.2 Å². The largest absolute Gasteiger partial charge is 0.379 e. The first-order chi connectivity index (χ1) is 14.4. The third kappa shape index (κ3) is 5.36. The second-order valence-corrected chi connectivity index (χ2v) is 8.46. The van der Waals surface area contributed by atoms with E-state index in [-0.39, 0.29) is 18.2 Å². The molecule has 1 aliphatic heterocycles. The van der Waals surface area contributed by atoms with Crippen molar-refractivity contribution in [3.63, 3.8) is 0 Å². The summed E-state index contributed by atoms with van der Waals surface area (Å²) in [6.45, 7) is 7.23. The molecule has 0 radical (unpaired) electrons. The van der Waals surface area contributed by atoms with Crippen molar-refractivity contribution in [3.8, 4) is 0 Å². The standard InChI is InChI=1S/C22H32N4O4/c1-15(2)21-18(11-19-22(29)26(16(3)27)12-20(28)24-19)23-14-25(21)9-10-30-13-17-7-5-4-6-8-17/h11,14-15,17H,4-10,12-13H2,1-3H3,(H,24,28)/b19-11-. The van der Waals surface area contributed by atoms with Gasteiger partial charge in [-0.2, -0.15) is 0 Å². The maximum Gasteiger partial charge on any atom is 0.277 e. The van der Waals surface area contributed by atoms with Gasteiger partial charge < -0.3 is 14.6 Å². The molecule has 1 aliphatic carbocycles. The first-order valence-corrected chi connectivity index (χ1v) is 10.8. The zero-order chi connectivity index (χ0) is 21.7. The molecule has 8 nitrogen and oxygen atoms in total. The van der Waals surface area contributed by atoms with E-state index in [4.69, 9.17) is 4.74 Å². The number of carbonyl (C=O) groups excluding carboxylic acids is 3. The Labute approximate surface area is 177 Å². The van der Waals surface area contributed by atoms with Gasteiger partial charge in [0.1, 0.15) is 12.2 Å². The molecule has 8 heteroatoms. The van der Waals surface area contributed by atoms with Crippen LogP contribution in [0.15, 0.2) is 12.0 Å². The number of piperazine rings is 1. The van der Waals surface area contributed by atoms with Crippen LogP contribution in [0.3, 0.4) is 0 Å². The second kappa shape index (κ2) is 10.0. The molecule has 164 valence electrons. The highest BCUT2D eigenvalue weighted by molar-refractivity contribution is 6.12. The van der Waals surface area contributed by atoms with Crippen LogP contribution in [0.5, 0.6) is 0 Å². The van der Waals surface area contributed by atoms with E-state index in [1.165, 1.54) is 39.0 Å². The fraction of sp³-hybridized carbons (Fsp3) is 0.636. The number of rotatable bonds is 7. The van der Waals surface area contributed by atoms with Gasteiger partial charge in [-0.1, -0.05) is 33.1 Å². The second-order valence-electron chi connectivity index (χ2n) is 8.46. The van der Waals surface area contributed by atoms with Crippen molar-refractivity contribution in [2.24, 2.45) is 5.92 Å². The zero-order valence-electron chi connectivity index (χ0n) is 18.1. The van der Waals surface area contributed by atoms with Crippen LogP contribution in [-0.4, -0.2) is 51.9 Å². The molecular weight excluding hydrogens is 384 g/mol. The van der Waals surface area contributed by atoms with E-state index in [9.17, 15) is 14.4 Å². The number of ether oxygens (including phenoxy) is 1. The van der Waals surface area contributed by atoms with Crippen molar-refractivity contribution in [1.29, 1.82) is 0 Å². The molecule has 1 aromatic rings. The number of carbonyl (C=O) groups is 3. The lowest BCUT2D eigenvalue weighted by molar-refractivity contribution is -0.147. The van der Waals surface area contributed by atoms with Gasteiger partial charge in [0.05, 0.1) is 18.6 Å². The highest BCUT2D eigenvalue weighted by Gasteiger charge is 2.31. The number of amides is 3. The predicted octanol–water partition coefficient (Wildman–Crippen LogP) is 2.45. The maximum absolute atomic E-state index is 12.5. The zero-order valence-corrected chi connectivity index (χ0v) is 18.1. The number of hydrogen-bond acceptors (Lipinski definition) is 5. The molecule has 3 amide bonds. The van der Waals surface area contributed by atoms with Crippen LogP contribution in [0.2, 0.25) is 0 Å². The fourth-order valence-electron chi connectivity index (χ4n) is 4.18. The van der Waals surface area contributed by atoms with E-state index in [2.05, 4.69) is 24.1 Å². The van der Waals surface area contributed by atoms with Gasteiger partial charge in [-0.05, 0) is 30.8 Å². The van der Waals surface area contributed by atoms with Crippen LogP contribution < -0.4 is 5.32 Å². The van der Waals surface area contributed by atoms with Crippen molar-refractivity contribution in [2.75, 3.05) is 19.8 Å². The Hall–Kier alpha value is -2.48. The Kier molecular flexibility index (Phi) is 7.42. The molecule has 2 fully saturated rings. The van der Waals surface area contributed by atoms with E-state index in [1.807, 2.05) is 4.57 Å². The Morgan fingerprint density at radius 2 is 2.03 bits per heavy atom. The summed E-state index contributed by atoms with van der Waals surface area (Å²) in [6.07, 6.45) is 9.78. The molecule has 0 atom stereocenters. The molecular formula is C22H32N4O4. The van der Waals surface area contributed by atoms with Crippen molar-refractivity contribution < 1.29 is 19.1 Å². The van der Waals surface area contributed by atoms with Crippen LogP contribution in [0.4, 0.5) is 0 Å². The number of imide groups is 1. The minimum absolute atomic E-state index is 0.0714. The average Bonchev–Trinajstić information content (AvgIpc) is 3.11. The van der Waals surface area contributed by atoms with Gasteiger partial charge in [-0.3, -0.25) is 19.3 Å². The molecule has 1 aromatic heterocycles. The minimum Gasteiger partial charge on any atom is -0.379 e. The Balaban J connectivity index is 1.69. The van der Waals surface area contributed by atoms with Gasteiger partial charge in [0, 0.05) is 25.8 Å². The molecule has 0 aromatic carbocycles. The molecule has 0 spiro atoms. The van der Waals surface area contributed by atoms with Crippen LogP contribution >= 0.6 is 0 Å². The third-order valence-electron chi connectivity index (χ3n) is 5.72. The first-order valence-electron chi connectivity index (χ1n) is 10.8. The molecule has 0 bridgehead atoms. The summed E-state index contributed by atoms with van der Waals surface area (Å²) in [6, 6.07) is 0. The molecule has 0 unspecified atom stereocenters. The molecule has 30 heavy (non-hydrogen) atoms. The van der Waals surface area contributed by atoms with Gasteiger partial charge in [0.15, 0.2) is 0 Å². The summed E-state index contributed by atoms with van der Waals surface area (Å²) in [5.74, 6) is -0.516. The quantitative estimate of drug-likeness (QED) is 0.544. The highest BCUT2D eigenvalue weighted by Crippen LogP contribution is 2.24. The van der Waals surface area contributed by atoms with E-state index in [0.29, 0.717) is 24.8 Å². The summed E-state index contributed by atoms with van der Waals surface area (Å²) in [5, 5.41) is 2.57. The van der Waals surface area contributed by atoms with Crippen LogP contribution in [-0.2, 0) is 25.7 Å². The summed E-state index contributed by atoms with van der Waals surface area (Å²) in [4.78, 5) is 41.5. The summed E-state index contributed by atoms with van der Waals surface area (Å²) >= 11 is 0. The van der Waals surface area contributed by atoms with Crippen molar-refractivity contribution in [3.05, 3.63) is 23.4 Å². The molecule has 3 rings (SSSR count). The number of nitrogens with one attached hydrogen (secondary N) is 1. The monoisotopic (exact) mass is 416 g/mol. The number of hydrogen-bond donors (Lipinski definition) is 1. The SMILES string of the molecule is CC(=O)N1CC(=O)N/C(=C\c2ncn(CCOCC3CCCCC3)c2C(C)C)C1=O. The maximum atomic E-state index is 12.5. The summed E-state index contributed by atoms with van der Waals surface area (Å²) in [7, 11) is 0. The lowest BCUT2D eigenvalue weighted by atomic mass is 9.90. The Morgan fingerprint density at radius 3 is 2.70 bits per heavy atom.